The number of carbonyl (C=O) groups is 2. The molecule has 1 aromatic rings. The molecule has 0 bridgehead atoms. The molecular formula is C14H20N2O3S. The molecule has 110 valence electrons. The molecule has 0 saturated heterocycles. The second-order valence-electron chi connectivity index (χ2n) is 5.15. The Morgan fingerprint density at radius 2 is 2.05 bits per heavy atom. The smallest absolute Gasteiger partial charge is 0.341 e. The minimum atomic E-state index is -0.433. The van der Waals surface area contributed by atoms with Gasteiger partial charge in [-0.25, -0.2) is 4.79 Å². The van der Waals surface area contributed by atoms with Crippen molar-refractivity contribution in [3.8, 4) is 0 Å². The number of aryl methyl sites for hydroxylation is 1. The van der Waals surface area contributed by atoms with Crippen LogP contribution in [0.1, 0.15) is 40.6 Å². The molecule has 0 aliphatic heterocycles. The molecular weight excluding hydrogens is 276 g/mol. The molecule has 0 radical (unpaired) electrons. The second-order valence-corrected chi connectivity index (χ2v) is 6.37. The van der Waals surface area contributed by atoms with Gasteiger partial charge in [-0.2, -0.15) is 0 Å². The lowest BCUT2D eigenvalue weighted by Gasteiger charge is -2.12. The van der Waals surface area contributed by atoms with Gasteiger partial charge in [0.25, 0.3) is 0 Å². The number of nitrogens with one attached hydrogen (secondary N) is 1. The Morgan fingerprint density at radius 1 is 1.40 bits per heavy atom. The van der Waals surface area contributed by atoms with E-state index in [2.05, 4.69) is 5.32 Å². The van der Waals surface area contributed by atoms with Gasteiger partial charge in [0.2, 0.25) is 5.91 Å². The molecule has 0 atom stereocenters. The minimum Gasteiger partial charge on any atom is -0.462 e. The van der Waals surface area contributed by atoms with Gasteiger partial charge in [-0.1, -0.05) is 0 Å². The van der Waals surface area contributed by atoms with Gasteiger partial charge in [0.15, 0.2) is 0 Å². The van der Waals surface area contributed by atoms with E-state index in [1.165, 1.54) is 11.3 Å². The van der Waals surface area contributed by atoms with Crippen molar-refractivity contribution >= 4 is 28.2 Å². The third-order valence-electron chi connectivity index (χ3n) is 3.82. The highest BCUT2D eigenvalue weighted by molar-refractivity contribution is 7.16. The van der Waals surface area contributed by atoms with E-state index in [1.54, 1.807) is 6.92 Å². The van der Waals surface area contributed by atoms with Crippen LogP contribution in [0.5, 0.6) is 0 Å². The van der Waals surface area contributed by atoms with Crippen LogP contribution in [0.15, 0.2) is 0 Å². The summed E-state index contributed by atoms with van der Waals surface area (Å²) < 4.78 is 5.06. The van der Waals surface area contributed by atoms with Crippen molar-refractivity contribution < 1.29 is 14.3 Å². The van der Waals surface area contributed by atoms with E-state index in [1.807, 2.05) is 13.8 Å². The Morgan fingerprint density at radius 3 is 2.55 bits per heavy atom. The van der Waals surface area contributed by atoms with Crippen LogP contribution in [0.2, 0.25) is 0 Å². The largest absolute Gasteiger partial charge is 0.462 e. The fourth-order valence-electron chi connectivity index (χ4n) is 2.07. The minimum absolute atomic E-state index is 0.0909. The van der Waals surface area contributed by atoms with E-state index in [0.717, 1.165) is 23.3 Å². The number of amides is 1. The maximum Gasteiger partial charge on any atom is 0.341 e. The molecule has 5 nitrogen and oxygen atoms in total. The standard InChI is InChI=1S/C14H20N2O3S/c1-4-19-12(17)10-8(2)9(3)20-11(10)16-13(18)14(7-15)5-6-14/h4-7,15H2,1-3H3,(H,16,18). The van der Waals surface area contributed by atoms with Gasteiger partial charge >= 0.3 is 5.97 Å². The lowest BCUT2D eigenvalue weighted by Crippen LogP contribution is -2.31. The van der Waals surface area contributed by atoms with Gasteiger partial charge in [-0.15, -0.1) is 11.3 Å². The zero-order valence-corrected chi connectivity index (χ0v) is 12.9. The third kappa shape index (κ3) is 2.58. The maximum absolute atomic E-state index is 12.2. The molecule has 1 fully saturated rings. The molecule has 3 N–H and O–H groups in total. The summed E-state index contributed by atoms with van der Waals surface area (Å²) in [7, 11) is 0. The zero-order valence-electron chi connectivity index (χ0n) is 12.0. The summed E-state index contributed by atoms with van der Waals surface area (Å²) in [6.07, 6.45) is 1.63. The predicted octanol–water partition coefficient (Wildman–Crippen LogP) is 2.22. The fourth-order valence-corrected chi connectivity index (χ4v) is 3.12. The van der Waals surface area contributed by atoms with Crippen LogP contribution >= 0.6 is 11.3 Å². The zero-order chi connectivity index (χ0) is 14.9. The summed E-state index contributed by atoms with van der Waals surface area (Å²) in [5.74, 6) is -0.478. The van der Waals surface area contributed by atoms with Gasteiger partial charge < -0.3 is 15.8 Å². The van der Waals surface area contributed by atoms with Crippen molar-refractivity contribution in [1.29, 1.82) is 0 Å². The summed E-state index contributed by atoms with van der Waals surface area (Å²) in [6.45, 7) is 6.21. The SMILES string of the molecule is CCOC(=O)c1c(NC(=O)C2(CN)CC2)sc(C)c1C. The quantitative estimate of drug-likeness (QED) is 0.816. The van der Waals surface area contributed by atoms with Gasteiger partial charge in [0.05, 0.1) is 17.6 Å². The van der Waals surface area contributed by atoms with Crippen LogP contribution in [-0.4, -0.2) is 25.0 Å². The van der Waals surface area contributed by atoms with E-state index >= 15 is 0 Å². The monoisotopic (exact) mass is 296 g/mol. The van der Waals surface area contributed by atoms with Gasteiger partial charge in [0.1, 0.15) is 5.00 Å². The first-order valence-electron chi connectivity index (χ1n) is 6.74. The highest BCUT2D eigenvalue weighted by Crippen LogP contribution is 2.46. The average Bonchev–Trinajstić information content (AvgIpc) is 3.14. The van der Waals surface area contributed by atoms with Crippen LogP contribution in [0.4, 0.5) is 5.00 Å². The molecule has 1 aliphatic rings. The number of thiophene rings is 1. The van der Waals surface area contributed by atoms with Crippen LogP contribution in [0.25, 0.3) is 0 Å². The van der Waals surface area contributed by atoms with E-state index in [4.69, 9.17) is 10.5 Å². The van der Waals surface area contributed by atoms with Gasteiger partial charge in [-0.3, -0.25) is 4.79 Å². The van der Waals surface area contributed by atoms with Crippen molar-refractivity contribution in [3.05, 3.63) is 16.0 Å². The van der Waals surface area contributed by atoms with Crippen molar-refractivity contribution in [2.24, 2.45) is 11.1 Å². The first-order valence-corrected chi connectivity index (χ1v) is 7.55. The van der Waals surface area contributed by atoms with Crippen LogP contribution in [0, 0.1) is 19.3 Å². The van der Waals surface area contributed by atoms with Crippen molar-refractivity contribution in [3.63, 3.8) is 0 Å². The summed E-state index contributed by atoms with van der Waals surface area (Å²) in [5, 5.41) is 3.44. The van der Waals surface area contributed by atoms with Crippen molar-refractivity contribution in [2.75, 3.05) is 18.5 Å². The van der Waals surface area contributed by atoms with Gasteiger partial charge in [-0.05, 0) is 39.2 Å². The van der Waals surface area contributed by atoms with E-state index < -0.39 is 5.41 Å². The molecule has 2 rings (SSSR count). The summed E-state index contributed by atoms with van der Waals surface area (Å²) in [4.78, 5) is 25.3. The lowest BCUT2D eigenvalue weighted by atomic mass is 10.1. The number of ether oxygens (including phenoxy) is 1. The molecule has 20 heavy (non-hydrogen) atoms. The van der Waals surface area contributed by atoms with Crippen LogP contribution < -0.4 is 11.1 Å². The Balaban J connectivity index is 2.25. The molecule has 6 heteroatoms. The molecule has 1 saturated carbocycles. The Bertz CT molecular complexity index is 547. The number of hydrogen-bond acceptors (Lipinski definition) is 5. The Hall–Kier alpha value is -1.40. The molecule has 1 heterocycles. The molecule has 0 spiro atoms. The maximum atomic E-state index is 12.2. The summed E-state index contributed by atoms with van der Waals surface area (Å²) >= 11 is 1.40. The predicted molar refractivity (Wildman–Crippen MR) is 79.1 cm³/mol. The highest BCUT2D eigenvalue weighted by Gasteiger charge is 2.48. The van der Waals surface area contributed by atoms with E-state index in [0.29, 0.717) is 23.7 Å². The topological polar surface area (TPSA) is 81.4 Å². The number of hydrogen-bond donors (Lipinski definition) is 2. The van der Waals surface area contributed by atoms with Crippen LogP contribution in [0.3, 0.4) is 0 Å². The number of carbonyl (C=O) groups excluding carboxylic acids is 2. The first kappa shape index (κ1) is 15.0. The number of rotatable bonds is 5. The Kier molecular flexibility index (Phi) is 4.15. The van der Waals surface area contributed by atoms with Crippen LogP contribution in [-0.2, 0) is 9.53 Å². The number of nitrogens with two attached hydrogens (primary N) is 1. The molecule has 1 aromatic heterocycles. The van der Waals surface area contributed by atoms with E-state index in [9.17, 15) is 9.59 Å². The third-order valence-corrected chi connectivity index (χ3v) is 4.94. The summed E-state index contributed by atoms with van der Waals surface area (Å²) in [5.41, 5.74) is 6.55. The average molecular weight is 296 g/mol. The highest BCUT2D eigenvalue weighted by atomic mass is 32.1. The second kappa shape index (κ2) is 5.54. The summed E-state index contributed by atoms with van der Waals surface area (Å²) in [6, 6.07) is 0. The van der Waals surface area contributed by atoms with Crippen molar-refractivity contribution in [2.45, 2.75) is 33.6 Å². The number of esters is 1. The molecule has 1 aliphatic carbocycles. The van der Waals surface area contributed by atoms with E-state index in [-0.39, 0.29) is 11.9 Å². The number of anilines is 1. The van der Waals surface area contributed by atoms with Gasteiger partial charge in [0, 0.05) is 11.4 Å². The molecule has 0 aromatic carbocycles. The normalized spacial score (nSPS) is 15.8. The molecule has 0 unspecified atom stereocenters. The first-order chi connectivity index (χ1) is 9.45. The molecule has 1 amide bonds. The lowest BCUT2D eigenvalue weighted by molar-refractivity contribution is -0.120. The van der Waals surface area contributed by atoms with Crippen molar-refractivity contribution in [1.82, 2.24) is 0 Å². The fraction of sp³-hybridized carbons (Fsp3) is 0.571. The Labute approximate surface area is 122 Å².